The van der Waals surface area contributed by atoms with Gasteiger partial charge >= 0.3 is 0 Å². The lowest BCUT2D eigenvalue weighted by molar-refractivity contribution is 0.0980. The summed E-state index contributed by atoms with van der Waals surface area (Å²) in [4.78, 5) is 25.7. The monoisotopic (exact) mass is 380 g/mol. The van der Waals surface area contributed by atoms with Gasteiger partial charge in [-0.05, 0) is 30.3 Å². The molecule has 0 unspecified atom stereocenters. The SMILES string of the molecule is O=C(CCCl)c1ccc2c(c1)Oc1ccc(C(=O)CCCl)cc1S2. The molecule has 0 saturated carbocycles. The molecule has 2 aromatic rings. The summed E-state index contributed by atoms with van der Waals surface area (Å²) in [6.45, 7) is 0. The molecule has 0 radical (unpaired) electrons. The zero-order chi connectivity index (χ0) is 17.1. The van der Waals surface area contributed by atoms with Gasteiger partial charge in [0.2, 0.25) is 0 Å². The van der Waals surface area contributed by atoms with E-state index in [1.807, 2.05) is 12.1 Å². The molecule has 3 nitrogen and oxygen atoms in total. The van der Waals surface area contributed by atoms with Crippen LogP contribution in [0.3, 0.4) is 0 Å². The maximum atomic E-state index is 12.0. The molecular formula is C18H14Cl2O3S. The molecule has 0 saturated heterocycles. The van der Waals surface area contributed by atoms with Crippen molar-refractivity contribution in [3.8, 4) is 11.5 Å². The zero-order valence-corrected chi connectivity index (χ0v) is 15.0. The van der Waals surface area contributed by atoms with Crippen LogP contribution in [0.4, 0.5) is 0 Å². The van der Waals surface area contributed by atoms with E-state index in [2.05, 4.69) is 0 Å². The number of ether oxygens (including phenoxy) is 1. The third-order valence-electron chi connectivity index (χ3n) is 3.61. The molecule has 2 aromatic carbocycles. The predicted octanol–water partition coefficient (Wildman–Crippen LogP) is 5.57. The van der Waals surface area contributed by atoms with Gasteiger partial charge in [0, 0.05) is 35.7 Å². The third-order valence-corrected chi connectivity index (χ3v) is 5.09. The van der Waals surface area contributed by atoms with Gasteiger partial charge in [-0.1, -0.05) is 17.8 Å². The van der Waals surface area contributed by atoms with Gasteiger partial charge in [-0.2, -0.15) is 0 Å². The molecule has 1 aliphatic heterocycles. The second-order valence-electron chi connectivity index (χ2n) is 5.25. The van der Waals surface area contributed by atoms with Crippen molar-refractivity contribution in [2.45, 2.75) is 22.6 Å². The van der Waals surface area contributed by atoms with Crippen molar-refractivity contribution in [2.75, 3.05) is 11.8 Å². The number of fused-ring (bicyclic) bond motifs is 2. The molecule has 0 atom stereocenters. The van der Waals surface area contributed by atoms with Crippen LogP contribution in [0.1, 0.15) is 33.6 Å². The summed E-state index contributed by atoms with van der Waals surface area (Å²) in [5, 5.41) is 0. The van der Waals surface area contributed by atoms with Crippen molar-refractivity contribution in [1.29, 1.82) is 0 Å². The predicted molar refractivity (Wildman–Crippen MR) is 96.4 cm³/mol. The number of halogens is 2. The second kappa shape index (κ2) is 7.60. The molecule has 0 bridgehead atoms. The van der Waals surface area contributed by atoms with Crippen LogP contribution in [0.5, 0.6) is 11.5 Å². The molecule has 0 amide bonds. The van der Waals surface area contributed by atoms with E-state index in [0.29, 0.717) is 47.2 Å². The first-order chi connectivity index (χ1) is 11.6. The Balaban J connectivity index is 1.87. The van der Waals surface area contributed by atoms with E-state index in [0.717, 1.165) is 9.79 Å². The Hall–Kier alpha value is -1.49. The van der Waals surface area contributed by atoms with Crippen LogP contribution in [-0.4, -0.2) is 23.3 Å². The number of benzene rings is 2. The molecule has 6 heteroatoms. The minimum Gasteiger partial charge on any atom is -0.455 e. The van der Waals surface area contributed by atoms with E-state index in [9.17, 15) is 9.59 Å². The molecule has 0 N–H and O–H groups in total. The summed E-state index contributed by atoms with van der Waals surface area (Å²) in [5.74, 6) is 1.94. The highest BCUT2D eigenvalue weighted by molar-refractivity contribution is 7.99. The van der Waals surface area contributed by atoms with Gasteiger partial charge in [0.1, 0.15) is 11.5 Å². The van der Waals surface area contributed by atoms with Gasteiger partial charge in [-0.3, -0.25) is 9.59 Å². The lowest BCUT2D eigenvalue weighted by Gasteiger charge is -2.20. The summed E-state index contributed by atoms with van der Waals surface area (Å²) in [6, 6.07) is 10.7. The molecule has 1 aliphatic rings. The standard InChI is InChI=1S/C18H14Cl2O3S/c19-7-5-13(21)11-2-4-17-16(9-11)23-15-3-1-12(10-18(15)24-17)14(22)6-8-20/h1-4,9-10H,5-8H2. The molecule has 0 aliphatic carbocycles. The fraction of sp³-hybridized carbons (Fsp3) is 0.222. The zero-order valence-electron chi connectivity index (χ0n) is 12.7. The maximum Gasteiger partial charge on any atom is 0.164 e. The summed E-state index contributed by atoms with van der Waals surface area (Å²) < 4.78 is 5.90. The van der Waals surface area contributed by atoms with Gasteiger partial charge in [-0.25, -0.2) is 0 Å². The Kier molecular flexibility index (Phi) is 5.49. The lowest BCUT2D eigenvalue weighted by atomic mass is 10.1. The smallest absolute Gasteiger partial charge is 0.164 e. The average molecular weight is 381 g/mol. The van der Waals surface area contributed by atoms with E-state index in [4.69, 9.17) is 27.9 Å². The van der Waals surface area contributed by atoms with Gasteiger partial charge in [0.05, 0.1) is 9.79 Å². The topological polar surface area (TPSA) is 43.4 Å². The van der Waals surface area contributed by atoms with E-state index in [1.54, 1.807) is 24.3 Å². The van der Waals surface area contributed by atoms with E-state index in [1.165, 1.54) is 11.8 Å². The van der Waals surface area contributed by atoms with Crippen molar-refractivity contribution < 1.29 is 14.3 Å². The van der Waals surface area contributed by atoms with Crippen molar-refractivity contribution in [3.63, 3.8) is 0 Å². The molecule has 0 fully saturated rings. The minimum atomic E-state index is -0.00536. The van der Waals surface area contributed by atoms with Crippen LogP contribution in [0.15, 0.2) is 46.2 Å². The summed E-state index contributed by atoms with van der Waals surface area (Å²) >= 11 is 12.8. The Morgan fingerprint density at radius 3 is 2.12 bits per heavy atom. The normalized spacial score (nSPS) is 12.1. The number of alkyl halides is 2. The van der Waals surface area contributed by atoms with Gasteiger partial charge in [0.25, 0.3) is 0 Å². The maximum absolute atomic E-state index is 12.0. The van der Waals surface area contributed by atoms with E-state index >= 15 is 0 Å². The number of Topliss-reactive ketones (excluding diaryl/α,β-unsaturated/α-hetero) is 2. The number of rotatable bonds is 6. The largest absolute Gasteiger partial charge is 0.455 e. The molecular weight excluding hydrogens is 367 g/mol. The van der Waals surface area contributed by atoms with Crippen molar-refractivity contribution >= 4 is 46.5 Å². The van der Waals surface area contributed by atoms with E-state index in [-0.39, 0.29) is 11.6 Å². The third kappa shape index (κ3) is 3.61. The second-order valence-corrected chi connectivity index (χ2v) is 7.09. The van der Waals surface area contributed by atoms with Gasteiger partial charge in [0.15, 0.2) is 11.6 Å². The summed E-state index contributed by atoms with van der Waals surface area (Å²) in [6.07, 6.45) is 0.616. The molecule has 124 valence electrons. The van der Waals surface area contributed by atoms with Crippen molar-refractivity contribution in [2.24, 2.45) is 0 Å². The molecule has 0 aromatic heterocycles. The van der Waals surface area contributed by atoms with Crippen LogP contribution in [-0.2, 0) is 0 Å². The first-order valence-electron chi connectivity index (χ1n) is 7.44. The number of hydrogen-bond donors (Lipinski definition) is 0. The number of hydrogen-bond acceptors (Lipinski definition) is 4. The first kappa shape index (κ1) is 17.3. The molecule has 24 heavy (non-hydrogen) atoms. The Bertz CT molecular complexity index is 737. The van der Waals surface area contributed by atoms with Crippen molar-refractivity contribution in [3.05, 3.63) is 47.5 Å². The van der Waals surface area contributed by atoms with Crippen LogP contribution >= 0.6 is 35.0 Å². The first-order valence-corrected chi connectivity index (χ1v) is 9.33. The minimum absolute atomic E-state index is 0.00536. The highest BCUT2D eigenvalue weighted by atomic mass is 35.5. The number of ketones is 2. The summed E-state index contributed by atoms with van der Waals surface area (Å²) in [5.41, 5.74) is 1.22. The highest BCUT2D eigenvalue weighted by Gasteiger charge is 2.21. The highest BCUT2D eigenvalue weighted by Crippen LogP contribution is 2.47. The number of carbonyl (C=O) groups is 2. The fourth-order valence-corrected chi connectivity index (χ4v) is 3.70. The molecule has 0 spiro atoms. The Morgan fingerprint density at radius 1 is 0.833 bits per heavy atom. The molecule has 1 heterocycles. The lowest BCUT2D eigenvalue weighted by Crippen LogP contribution is -2.04. The number of carbonyl (C=O) groups excluding carboxylic acids is 2. The Morgan fingerprint density at radius 2 is 1.46 bits per heavy atom. The fourth-order valence-electron chi connectivity index (χ4n) is 2.39. The van der Waals surface area contributed by atoms with Crippen LogP contribution < -0.4 is 4.74 Å². The quantitative estimate of drug-likeness (QED) is 0.414. The van der Waals surface area contributed by atoms with Crippen LogP contribution in [0, 0.1) is 0 Å². The Labute approximate surface area is 154 Å². The van der Waals surface area contributed by atoms with Crippen LogP contribution in [0.2, 0.25) is 0 Å². The van der Waals surface area contributed by atoms with E-state index < -0.39 is 0 Å². The van der Waals surface area contributed by atoms with Crippen molar-refractivity contribution in [1.82, 2.24) is 0 Å². The van der Waals surface area contributed by atoms with Gasteiger partial charge in [-0.15, -0.1) is 23.2 Å². The van der Waals surface area contributed by atoms with Crippen LogP contribution in [0.25, 0.3) is 0 Å². The average Bonchev–Trinajstić information content (AvgIpc) is 2.59. The van der Waals surface area contributed by atoms with Gasteiger partial charge < -0.3 is 4.74 Å². The summed E-state index contributed by atoms with van der Waals surface area (Å²) in [7, 11) is 0. The molecule has 3 rings (SSSR count).